The Morgan fingerprint density at radius 1 is 1.00 bits per heavy atom. The second kappa shape index (κ2) is 7.22. The summed E-state index contributed by atoms with van der Waals surface area (Å²) in [7, 11) is 2.00. The van der Waals surface area contributed by atoms with Crippen molar-refractivity contribution < 1.29 is 0 Å². The zero-order chi connectivity index (χ0) is 18.0. The third-order valence-corrected chi connectivity index (χ3v) is 5.60. The molecule has 0 unspecified atom stereocenters. The first-order valence-corrected chi connectivity index (χ1v) is 9.59. The van der Waals surface area contributed by atoms with Crippen LogP contribution in [0, 0.1) is 0 Å². The molecule has 0 saturated carbocycles. The lowest BCUT2D eigenvalue weighted by Gasteiger charge is -2.19. The first-order chi connectivity index (χ1) is 11.9. The van der Waals surface area contributed by atoms with Crippen LogP contribution >= 0.6 is 23.4 Å². The average molecular weight is 372 g/mol. The molecule has 3 rings (SSSR count). The third-order valence-electron chi connectivity index (χ3n) is 4.16. The molecule has 0 fully saturated rings. The van der Waals surface area contributed by atoms with E-state index >= 15 is 0 Å². The zero-order valence-electron chi connectivity index (χ0n) is 15.0. The van der Waals surface area contributed by atoms with Crippen LogP contribution in [0.1, 0.15) is 31.9 Å². The minimum atomic E-state index is 0.147. The maximum Gasteiger partial charge on any atom is 0.191 e. The van der Waals surface area contributed by atoms with Gasteiger partial charge in [-0.25, -0.2) is 0 Å². The Bertz CT molecular complexity index is 863. The fraction of sp³-hybridized carbons (Fsp3) is 0.300. The topological polar surface area (TPSA) is 30.7 Å². The molecule has 0 atom stereocenters. The summed E-state index contributed by atoms with van der Waals surface area (Å²) in [4.78, 5) is 0. The van der Waals surface area contributed by atoms with Gasteiger partial charge in [-0.15, -0.1) is 10.2 Å². The molecule has 5 heteroatoms. The summed E-state index contributed by atoms with van der Waals surface area (Å²) in [5.74, 6) is 1.65. The summed E-state index contributed by atoms with van der Waals surface area (Å²) < 4.78 is 2.04. The van der Waals surface area contributed by atoms with Gasteiger partial charge in [0, 0.05) is 23.4 Å². The maximum atomic E-state index is 6.23. The van der Waals surface area contributed by atoms with Crippen LogP contribution in [0.2, 0.25) is 5.02 Å². The monoisotopic (exact) mass is 371 g/mol. The second-order valence-corrected chi connectivity index (χ2v) is 8.42. The standard InChI is InChI=1S/C20H22ClN3S/c1-20(2,3)16-11-9-14(10-12-16)18-22-23-19(24(18)4)25-13-15-7-5-6-8-17(15)21/h5-12H,13H2,1-4H3. The van der Waals surface area contributed by atoms with Gasteiger partial charge in [-0.1, -0.05) is 86.6 Å². The molecule has 0 N–H and O–H groups in total. The van der Waals surface area contributed by atoms with Gasteiger partial charge in [0.1, 0.15) is 0 Å². The largest absolute Gasteiger partial charge is 0.305 e. The molecule has 0 bridgehead atoms. The molecule has 3 nitrogen and oxygen atoms in total. The summed E-state index contributed by atoms with van der Waals surface area (Å²) in [6, 6.07) is 16.5. The molecule has 130 valence electrons. The van der Waals surface area contributed by atoms with E-state index in [1.165, 1.54) is 5.56 Å². The SMILES string of the molecule is Cn1c(SCc2ccccc2Cl)nnc1-c1ccc(C(C)(C)C)cc1. The predicted octanol–water partition coefficient (Wildman–Crippen LogP) is 5.73. The molecule has 1 aromatic heterocycles. The molecule has 1 heterocycles. The van der Waals surface area contributed by atoms with E-state index in [0.717, 1.165) is 32.9 Å². The quantitative estimate of drug-likeness (QED) is 0.549. The van der Waals surface area contributed by atoms with Crippen LogP contribution in [0.15, 0.2) is 53.7 Å². The summed E-state index contributed by atoms with van der Waals surface area (Å²) >= 11 is 7.87. The van der Waals surface area contributed by atoms with Crippen LogP contribution < -0.4 is 0 Å². The number of aromatic nitrogens is 3. The highest BCUT2D eigenvalue weighted by Gasteiger charge is 2.15. The van der Waals surface area contributed by atoms with Gasteiger partial charge < -0.3 is 4.57 Å². The average Bonchev–Trinajstić information content (AvgIpc) is 2.94. The van der Waals surface area contributed by atoms with Crippen LogP contribution in [-0.4, -0.2) is 14.8 Å². The van der Waals surface area contributed by atoms with E-state index in [0.29, 0.717) is 0 Å². The molecule has 3 aromatic rings. The third kappa shape index (κ3) is 4.07. The van der Waals surface area contributed by atoms with Crippen LogP contribution in [0.3, 0.4) is 0 Å². The Balaban J connectivity index is 1.78. The predicted molar refractivity (Wildman–Crippen MR) is 106 cm³/mol. The van der Waals surface area contributed by atoms with Crippen molar-refractivity contribution in [2.45, 2.75) is 37.1 Å². The number of hydrogen-bond acceptors (Lipinski definition) is 3. The van der Waals surface area contributed by atoms with Crippen molar-refractivity contribution in [1.29, 1.82) is 0 Å². The Morgan fingerprint density at radius 3 is 2.32 bits per heavy atom. The van der Waals surface area contributed by atoms with Gasteiger partial charge in [0.15, 0.2) is 11.0 Å². The summed E-state index contributed by atoms with van der Waals surface area (Å²) in [5.41, 5.74) is 3.64. The van der Waals surface area contributed by atoms with Gasteiger partial charge in [0.05, 0.1) is 0 Å². The number of hydrogen-bond donors (Lipinski definition) is 0. The summed E-state index contributed by atoms with van der Waals surface area (Å²) in [5, 5.41) is 10.4. The highest BCUT2D eigenvalue weighted by molar-refractivity contribution is 7.98. The fourth-order valence-corrected chi connectivity index (χ4v) is 3.77. The molecule has 0 aliphatic rings. The lowest BCUT2D eigenvalue weighted by atomic mass is 9.87. The lowest BCUT2D eigenvalue weighted by Crippen LogP contribution is -2.10. The number of rotatable bonds is 4. The van der Waals surface area contributed by atoms with Crippen molar-refractivity contribution in [1.82, 2.24) is 14.8 Å². The van der Waals surface area contributed by atoms with Gasteiger partial charge in [-0.2, -0.15) is 0 Å². The normalized spacial score (nSPS) is 11.7. The molecular weight excluding hydrogens is 350 g/mol. The minimum absolute atomic E-state index is 0.147. The zero-order valence-corrected chi connectivity index (χ0v) is 16.5. The van der Waals surface area contributed by atoms with E-state index in [4.69, 9.17) is 11.6 Å². The molecule has 25 heavy (non-hydrogen) atoms. The summed E-state index contributed by atoms with van der Waals surface area (Å²) in [6.45, 7) is 6.65. The first-order valence-electron chi connectivity index (χ1n) is 8.23. The van der Waals surface area contributed by atoms with Crippen molar-refractivity contribution in [2.75, 3.05) is 0 Å². The molecule has 0 aliphatic carbocycles. The smallest absolute Gasteiger partial charge is 0.191 e. The van der Waals surface area contributed by atoms with Gasteiger partial charge in [-0.05, 0) is 22.6 Å². The Kier molecular flexibility index (Phi) is 5.21. The van der Waals surface area contributed by atoms with Crippen molar-refractivity contribution >= 4 is 23.4 Å². The van der Waals surface area contributed by atoms with Crippen molar-refractivity contribution in [3.63, 3.8) is 0 Å². The molecule has 0 radical (unpaired) electrons. The van der Waals surface area contributed by atoms with E-state index in [1.54, 1.807) is 11.8 Å². The molecule has 2 aromatic carbocycles. The Labute approximate surface area is 158 Å². The van der Waals surface area contributed by atoms with E-state index in [2.05, 4.69) is 55.2 Å². The van der Waals surface area contributed by atoms with Gasteiger partial charge in [-0.3, -0.25) is 0 Å². The van der Waals surface area contributed by atoms with Crippen molar-refractivity contribution in [3.8, 4) is 11.4 Å². The van der Waals surface area contributed by atoms with Gasteiger partial charge in [0.25, 0.3) is 0 Å². The molecule has 0 saturated heterocycles. The van der Waals surface area contributed by atoms with Crippen LogP contribution in [0.4, 0.5) is 0 Å². The number of benzene rings is 2. The number of nitrogens with zero attached hydrogens (tertiary/aromatic N) is 3. The second-order valence-electron chi connectivity index (χ2n) is 7.07. The van der Waals surface area contributed by atoms with Crippen molar-refractivity contribution in [3.05, 3.63) is 64.7 Å². The lowest BCUT2D eigenvalue weighted by molar-refractivity contribution is 0.590. The highest BCUT2D eigenvalue weighted by atomic mass is 35.5. The van der Waals surface area contributed by atoms with E-state index in [1.807, 2.05) is 35.9 Å². The molecular formula is C20H22ClN3S. The van der Waals surface area contributed by atoms with Crippen molar-refractivity contribution in [2.24, 2.45) is 7.05 Å². The molecule has 0 spiro atoms. The summed E-state index contributed by atoms with van der Waals surface area (Å²) in [6.07, 6.45) is 0. The fourth-order valence-electron chi connectivity index (χ4n) is 2.57. The molecule has 0 amide bonds. The van der Waals surface area contributed by atoms with Crippen LogP contribution in [-0.2, 0) is 18.2 Å². The Hall–Kier alpha value is -1.78. The van der Waals surface area contributed by atoms with E-state index in [9.17, 15) is 0 Å². The minimum Gasteiger partial charge on any atom is -0.305 e. The number of halogens is 1. The van der Waals surface area contributed by atoms with Gasteiger partial charge >= 0.3 is 0 Å². The van der Waals surface area contributed by atoms with E-state index < -0.39 is 0 Å². The molecule has 0 aliphatic heterocycles. The number of thioether (sulfide) groups is 1. The maximum absolute atomic E-state index is 6.23. The highest BCUT2D eigenvalue weighted by Crippen LogP contribution is 2.29. The Morgan fingerprint density at radius 2 is 1.68 bits per heavy atom. The van der Waals surface area contributed by atoms with Gasteiger partial charge in [0.2, 0.25) is 0 Å². The first kappa shape index (κ1) is 18.0. The van der Waals surface area contributed by atoms with E-state index in [-0.39, 0.29) is 5.41 Å². The van der Waals surface area contributed by atoms with Crippen LogP contribution in [0.25, 0.3) is 11.4 Å². The van der Waals surface area contributed by atoms with Crippen LogP contribution in [0.5, 0.6) is 0 Å².